The third kappa shape index (κ3) is 2.89. The van der Waals surface area contributed by atoms with Gasteiger partial charge in [0.1, 0.15) is 5.75 Å². The number of amides is 1. The molecule has 4 heteroatoms. The maximum Gasteiger partial charge on any atom is 0.217 e. The summed E-state index contributed by atoms with van der Waals surface area (Å²) >= 11 is 0. The van der Waals surface area contributed by atoms with Crippen LogP contribution in [0.25, 0.3) is 0 Å². The highest BCUT2D eigenvalue weighted by Crippen LogP contribution is 2.38. The standard InChI is InChI=1S/C15H22N2O2/c1-4-11-7-12(9(2)16)15-13(8-11)14(5-6-19-15)17-10(3)18/h7-9,14H,4-6,16H2,1-3H3,(H,17,18). The lowest BCUT2D eigenvalue weighted by atomic mass is 9.92. The van der Waals surface area contributed by atoms with E-state index in [1.165, 1.54) is 5.56 Å². The molecule has 2 rings (SSSR count). The third-order valence-electron chi connectivity index (χ3n) is 3.51. The second kappa shape index (κ2) is 5.61. The summed E-state index contributed by atoms with van der Waals surface area (Å²) in [6.45, 7) is 6.23. The van der Waals surface area contributed by atoms with Gasteiger partial charge in [-0.15, -0.1) is 0 Å². The molecular formula is C15H22N2O2. The first-order valence-electron chi connectivity index (χ1n) is 6.85. The molecular weight excluding hydrogens is 240 g/mol. The Kier molecular flexibility index (Phi) is 4.10. The molecule has 19 heavy (non-hydrogen) atoms. The topological polar surface area (TPSA) is 64.3 Å². The molecule has 0 aromatic heterocycles. The average Bonchev–Trinajstić information content (AvgIpc) is 2.37. The second-order valence-electron chi connectivity index (χ2n) is 5.14. The van der Waals surface area contributed by atoms with Crippen LogP contribution in [-0.4, -0.2) is 12.5 Å². The van der Waals surface area contributed by atoms with Crippen molar-refractivity contribution in [2.75, 3.05) is 6.61 Å². The average molecular weight is 262 g/mol. The highest BCUT2D eigenvalue weighted by molar-refractivity contribution is 5.73. The van der Waals surface area contributed by atoms with Gasteiger partial charge in [-0.2, -0.15) is 0 Å². The van der Waals surface area contributed by atoms with Crippen LogP contribution in [0.3, 0.4) is 0 Å². The number of nitrogens with one attached hydrogen (secondary N) is 1. The van der Waals surface area contributed by atoms with Crippen LogP contribution in [0.4, 0.5) is 0 Å². The fourth-order valence-corrected chi connectivity index (χ4v) is 2.54. The fraction of sp³-hybridized carbons (Fsp3) is 0.533. The maximum atomic E-state index is 11.3. The molecule has 0 spiro atoms. The molecule has 0 radical (unpaired) electrons. The monoisotopic (exact) mass is 262 g/mol. The summed E-state index contributed by atoms with van der Waals surface area (Å²) < 4.78 is 5.80. The molecule has 0 saturated heterocycles. The van der Waals surface area contributed by atoms with Crippen LogP contribution in [0.15, 0.2) is 12.1 Å². The van der Waals surface area contributed by atoms with Gasteiger partial charge >= 0.3 is 0 Å². The van der Waals surface area contributed by atoms with Gasteiger partial charge in [0.15, 0.2) is 0 Å². The number of fused-ring (bicyclic) bond motifs is 1. The zero-order valence-corrected chi connectivity index (χ0v) is 11.8. The molecule has 0 bridgehead atoms. The molecule has 1 aromatic carbocycles. The molecule has 1 aromatic rings. The van der Waals surface area contributed by atoms with Gasteiger partial charge in [-0.1, -0.05) is 19.1 Å². The van der Waals surface area contributed by atoms with E-state index >= 15 is 0 Å². The minimum absolute atomic E-state index is 0.0119. The Bertz CT molecular complexity index is 483. The van der Waals surface area contributed by atoms with Crippen molar-refractivity contribution in [3.05, 3.63) is 28.8 Å². The molecule has 2 atom stereocenters. The molecule has 1 aliphatic rings. The summed E-state index contributed by atoms with van der Waals surface area (Å²) in [7, 11) is 0. The van der Waals surface area contributed by atoms with Crippen molar-refractivity contribution in [3.8, 4) is 5.75 Å². The summed E-state index contributed by atoms with van der Waals surface area (Å²) in [5.41, 5.74) is 9.36. The molecule has 1 amide bonds. The van der Waals surface area contributed by atoms with Gasteiger partial charge in [-0.05, 0) is 18.9 Å². The van der Waals surface area contributed by atoms with Crippen LogP contribution in [0.1, 0.15) is 56.0 Å². The summed E-state index contributed by atoms with van der Waals surface area (Å²) in [5.74, 6) is 0.847. The predicted molar refractivity (Wildman–Crippen MR) is 75.1 cm³/mol. The number of carbonyl (C=O) groups excluding carboxylic acids is 1. The summed E-state index contributed by atoms with van der Waals surface area (Å²) in [6, 6.07) is 4.20. The van der Waals surface area contributed by atoms with Crippen molar-refractivity contribution in [2.24, 2.45) is 5.73 Å². The first-order valence-corrected chi connectivity index (χ1v) is 6.85. The molecule has 0 fully saturated rings. The van der Waals surface area contributed by atoms with Gasteiger partial charge in [0.05, 0.1) is 12.6 Å². The van der Waals surface area contributed by atoms with E-state index in [0.29, 0.717) is 6.61 Å². The summed E-state index contributed by atoms with van der Waals surface area (Å²) in [6.07, 6.45) is 1.75. The molecule has 0 aliphatic carbocycles. The number of carbonyl (C=O) groups is 1. The van der Waals surface area contributed by atoms with Crippen molar-refractivity contribution in [2.45, 2.75) is 45.7 Å². The Morgan fingerprint density at radius 3 is 2.89 bits per heavy atom. The van der Waals surface area contributed by atoms with Gasteiger partial charge < -0.3 is 15.8 Å². The second-order valence-corrected chi connectivity index (χ2v) is 5.14. The van der Waals surface area contributed by atoms with Crippen molar-refractivity contribution in [1.82, 2.24) is 5.32 Å². The summed E-state index contributed by atoms with van der Waals surface area (Å²) in [5, 5.41) is 3.00. The lowest BCUT2D eigenvalue weighted by molar-refractivity contribution is -0.119. The van der Waals surface area contributed by atoms with Crippen LogP contribution in [0.5, 0.6) is 5.75 Å². The minimum atomic E-state index is -0.0728. The van der Waals surface area contributed by atoms with Crippen LogP contribution >= 0.6 is 0 Å². The van der Waals surface area contributed by atoms with Crippen molar-refractivity contribution in [3.63, 3.8) is 0 Å². The number of rotatable bonds is 3. The largest absolute Gasteiger partial charge is 0.493 e. The highest BCUT2D eigenvalue weighted by atomic mass is 16.5. The Morgan fingerprint density at radius 1 is 1.58 bits per heavy atom. The van der Waals surface area contributed by atoms with Gasteiger partial charge in [0, 0.05) is 30.5 Å². The van der Waals surface area contributed by atoms with E-state index in [1.54, 1.807) is 6.92 Å². The third-order valence-corrected chi connectivity index (χ3v) is 3.51. The molecule has 1 aliphatic heterocycles. The van der Waals surface area contributed by atoms with E-state index in [0.717, 1.165) is 29.7 Å². The van der Waals surface area contributed by atoms with Gasteiger partial charge in [-0.3, -0.25) is 4.79 Å². The summed E-state index contributed by atoms with van der Waals surface area (Å²) in [4.78, 5) is 11.3. The smallest absolute Gasteiger partial charge is 0.217 e. The molecule has 0 saturated carbocycles. The maximum absolute atomic E-state index is 11.3. The first-order chi connectivity index (χ1) is 9.02. The number of hydrogen-bond donors (Lipinski definition) is 2. The van der Waals surface area contributed by atoms with Crippen LogP contribution in [-0.2, 0) is 11.2 Å². The van der Waals surface area contributed by atoms with Crippen LogP contribution < -0.4 is 15.8 Å². The predicted octanol–water partition coefficient (Wildman–Crippen LogP) is 2.23. The number of aryl methyl sites for hydroxylation is 1. The molecule has 3 N–H and O–H groups in total. The van der Waals surface area contributed by atoms with E-state index in [2.05, 4.69) is 24.4 Å². The van der Waals surface area contributed by atoms with Crippen LogP contribution in [0, 0.1) is 0 Å². The molecule has 2 unspecified atom stereocenters. The van der Waals surface area contributed by atoms with Gasteiger partial charge in [0.2, 0.25) is 5.91 Å². The SMILES string of the molecule is CCc1cc(C(C)N)c2c(c1)C(NC(C)=O)CCO2. The molecule has 104 valence electrons. The Hall–Kier alpha value is -1.55. The lowest BCUT2D eigenvalue weighted by Gasteiger charge is -2.29. The number of benzene rings is 1. The number of nitrogens with two attached hydrogens (primary N) is 1. The van der Waals surface area contributed by atoms with Gasteiger partial charge in [-0.25, -0.2) is 0 Å². The van der Waals surface area contributed by atoms with Crippen molar-refractivity contribution in [1.29, 1.82) is 0 Å². The number of hydrogen-bond acceptors (Lipinski definition) is 3. The normalized spacial score (nSPS) is 19.3. The van der Waals surface area contributed by atoms with Crippen LogP contribution in [0.2, 0.25) is 0 Å². The fourth-order valence-electron chi connectivity index (χ4n) is 2.54. The van der Waals surface area contributed by atoms with E-state index in [-0.39, 0.29) is 18.0 Å². The zero-order valence-electron chi connectivity index (χ0n) is 11.8. The Labute approximate surface area is 114 Å². The van der Waals surface area contributed by atoms with E-state index in [4.69, 9.17) is 10.5 Å². The number of ether oxygens (including phenoxy) is 1. The Morgan fingerprint density at radius 2 is 2.32 bits per heavy atom. The highest BCUT2D eigenvalue weighted by Gasteiger charge is 2.26. The van der Waals surface area contributed by atoms with Gasteiger partial charge in [0.25, 0.3) is 0 Å². The zero-order chi connectivity index (χ0) is 14.0. The van der Waals surface area contributed by atoms with E-state index in [1.807, 2.05) is 6.92 Å². The Balaban J connectivity index is 2.49. The molecule has 4 nitrogen and oxygen atoms in total. The van der Waals surface area contributed by atoms with E-state index in [9.17, 15) is 4.79 Å². The first kappa shape index (κ1) is 13.9. The lowest BCUT2D eigenvalue weighted by Crippen LogP contribution is -2.31. The quantitative estimate of drug-likeness (QED) is 0.878. The van der Waals surface area contributed by atoms with Crippen molar-refractivity contribution >= 4 is 5.91 Å². The minimum Gasteiger partial charge on any atom is -0.493 e. The van der Waals surface area contributed by atoms with E-state index < -0.39 is 0 Å². The molecule has 1 heterocycles. The van der Waals surface area contributed by atoms with Crippen molar-refractivity contribution < 1.29 is 9.53 Å².